The van der Waals surface area contributed by atoms with Crippen LogP contribution >= 0.6 is 0 Å². The molecule has 1 saturated carbocycles. The molecule has 0 saturated heterocycles. The van der Waals surface area contributed by atoms with Crippen molar-refractivity contribution in [3.05, 3.63) is 23.8 Å². The molecule has 2 N–H and O–H groups in total. The molecule has 2 aliphatic rings. The number of hydrogen-bond donors (Lipinski definition) is 1. The van der Waals surface area contributed by atoms with E-state index in [4.69, 9.17) is 15.2 Å². The van der Waals surface area contributed by atoms with Crippen LogP contribution in [0.3, 0.4) is 0 Å². The van der Waals surface area contributed by atoms with E-state index in [0.717, 1.165) is 24.3 Å². The first-order valence-corrected chi connectivity index (χ1v) is 5.48. The third-order valence-electron chi connectivity index (χ3n) is 3.34. The van der Waals surface area contributed by atoms with Crippen LogP contribution in [0.4, 0.5) is 0 Å². The molecule has 0 amide bonds. The Hall–Kier alpha value is -1.22. The van der Waals surface area contributed by atoms with Crippen LogP contribution in [0.1, 0.15) is 30.7 Å². The highest BCUT2D eigenvalue weighted by Gasteiger charge is 2.24. The smallest absolute Gasteiger partial charge is 0.231 e. The maximum Gasteiger partial charge on any atom is 0.231 e. The van der Waals surface area contributed by atoms with Crippen LogP contribution < -0.4 is 15.2 Å². The molecule has 3 rings (SSSR count). The van der Waals surface area contributed by atoms with Gasteiger partial charge >= 0.3 is 0 Å². The minimum absolute atomic E-state index is 0.350. The Morgan fingerprint density at radius 3 is 2.80 bits per heavy atom. The van der Waals surface area contributed by atoms with Crippen molar-refractivity contribution in [3.8, 4) is 11.5 Å². The Morgan fingerprint density at radius 1 is 1.13 bits per heavy atom. The molecule has 0 aromatic heterocycles. The summed E-state index contributed by atoms with van der Waals surface area (Å²) in [6, 6.07) is 6.61. The molecule has 1 fully saturated rings. The van der Waals surface area contributed by atoms with Crippen molar-refractivity contribution in [1.29, 1.82) is 0 Å². The van der Waals surface area contributed by atoms with Crippen molar-refractivity contribution in [2.24, 2.45) is 5.73 Å². The fourth-order valence-corrected chi connectivity index (χ4v) is 2.49. The van der Waals surface area contributed by atoms with Crippen LogP contribution in [0, 0.1) is 0 Å². The number of ether oxygens (including phenoxy) is 2. The third-order valence-corrected chi connectivity index (χ3v) is 3.34. The maximum absolute atomic E-state index is 5.92. The molecular formula is C12H15NO2. The molecule has 15 heavy (non-hydrogen) atoms. The topological polar surface area (TPSA) is 44.5 Å². The van der Waals surface area contributed by atoms with E-state index < -0.39 is 0 Å². The first kappa shape index (κ1) is 9.04. The van der Waals surface area contributed by atoms with E-state index >= 15 is 0 Å². The van der Waals surface area contributed by atoms with Gasteiger partial charge in [-0.1, -0.05) is 6.07 Å². The standard InChI is InChI=1S/C12H15NO2/c13-10-3-1-8(5-10)9-2-4-11-12(6-9)15-7-14-11/h2,4,6,8,10H,1,3,5,7,13H2. The number of fused-ring (bicyclic) bond motifs is 1. The van der Waals surface area contributed by atoms with Gasteiger partial charge in [-0.25, -0.2) is 0 Å². The van der Waals surface area contributed by atoms with Gasteiger partial charge in [0.1, 0.15) is 0 Å². The summed E-state index contributed by atoms with van der Waals surface area (Å²) in [7, 11) is 0. The van der Waals surface area contributed by atoms with Crippen molar-refractivity contribution in [1.82, 2.24) is 0 Å². The number of hydrogen-bond acceptors (Lipinski definition) is 3. The number of nitrogens with two attached hydrogens (primary N) is 1. The Labute approximate surface area is 89.2 Å². The summed E-state index contributed by atoms with van der Waals surface area (Å²) >= 11 is 0. The van der Waals surface area contributed by atoms with Crippen LogP contribution in [-0.4, -0.2) is 12.8 Å². The van der Waals surface area contributed by atoms with Crippen LogP contribution in [-0.2, 0) is 0 Å². The molecule has 2 unspecified atom stereocenters. The molecule has 0 radical (unpaired) electrons. The lowest BCUT2D eigenvalue weighted by molar-refractivity contribution is 0.174. The van der Waals surface area contributed by atoms with Gasteiger partial charge in [-0.15, -0.1) is 0 Å². The van der Waals surface area contributed by atoms with Crippen molar-refractivity contribution >= 4 is 0 Å². The molecule has 0 bridgehead atoms. The summed E-state index contributed by atoms with van der Waals surface area (Å²) in [5.41, 5.74) is 7.26. The fraction of sp³-hybridized carbons (Fsp3) is 0.500. The monoisotopic (exact) mass is 205 g/mol. The molecule has 2 atom stereocenters. The zero-order chi connectivity index (χ0) is 10.3. The molecule has 0 spiro atoms. The molecular weight excluding hydrogens is 190 g/mol. The van der Waals surface area contributed by atoms with E-state index in [1.807, 2.05) is 6.07 Å². The summed E-state index contributed by atoms with van der Waals surface area (Å²) in [4.78, 5) is 0. The highest BCUT2D eigenvalue weighted by atomic mass is 16.7. The molecule has 80 valence electrons. The summed E-state index contributed by atoms with van der Waals surface area (Å²) < 4.78 is 10.7. The summed E-state index contributed by atoms with van der Waals surface area (Å²) in [5.74, 6) is 2.35. The molecule has 1 aliphatic heterocycles. The van der Waals surface area contributed by atoms with Crippen LogP contribution in [0.2, 0.25) is 0 Å². The van der Waals surface area contributed by atoms with Gasteiger partial charge in [-0.05, 0) is 42.9 Å². The van der Waals surface area contributed by atoms with Gasteiger partial charge in [0.25, 0.3) is 0 Å². The highest BCUT2D eigenvalue weighted by Crippen LogP contribution is 2.39. The summed E-state index contributed by atoms with van der Waals surface area (Å²) in [5, 5.41) is 0. The molecule has 1 aromatic carbocycles. The zero-order valence-electron chi connectivity index (χ0n) is 8.61. The summed E-state index contributed by atoms with van der Waals surface area (Å²) in [6.07, 6.45) is 3.43. The average Bonchev–Trinajstić information content (AvgIpc) is 2.84. The fourth-order valence-electron chi connectivity index (χ4n) is 2.49. The van der Waals surface area contributed by atoms with Crippen molar-refractivity contribution < 1.29 is 9.47 Å². The third kappa shape index (κ3) is 1.57. The quantitative estimate of drug-likeness (QED) is 0.762. The molecule has 3 nitrogen and oxygen atoms in total. The minimum atomic E-state index is 0.350. The second-order valence-corrected chi connectivity index (χ2v) is 4.38. The van der Waals surface area contributed by atoms with Gasteiger partial charge in [0.2, 0.25) is 6.79 Å². The van der Waals surface area contributed by atoms with Crippen molar-refractivity contribution in [2.45, 2.75) is 31.2 Å². The normalized spacial score (nSPS) is 28.3. The van der Waals surface area contributed by atoms with Crippen molar-refractivity contribution in [2.75, 3.05) is 6.79 Å². The summed E-state index contributed by atoms with van der Waals surface area (Å²) in [6.45, 7) is 0.350. The molecule has 3 heteroatoms. The lowest BCUT2D eigenvalue weighted by atomic mass is 9.97. The maximum atomic E-state index is 5.92. The van der Waals surface area contributed by atoms with Gasteiger partial charge in [-0.2, -0.15) is 0 Å². The van der Waals surface area contributed by atoms with Crippen LogP contribution in [0.25, 0.3) is 0 Å². The largest absolute Gasteiger partial charge is 0.454 e. The predicted molar refractivity (Wildman–Crippen MR) is 57.1 cm³/mol. The minimum Gasteiger partial charge on any atom is -0.454 e. The lowest BCUT2D eigenvalue weighted by Gasteiger charge is -2.10. The van der Waals surface area contributed by atoms with Gasteiger partial charge in [0.05, 0.1) is 0 Å². The van der Waals surface area contributed by atoms with Crippen LogP contribution in [0.15, 0.2) is 18.2 Å². The molecule has 1 aliphatic carbocycles. The SMILES string of the molecule is NC1CCC(c2ccc3c(c2)OCO3)C1. The Morgan fingerprint density at radius 2 is 2.00 bits per heavy atom. The Kier molecular flexibility index (Phi) is 2.06. The zero-order valence-corrected chi connectivity index (χ0v) is 8.61. The first-order valence-electron chi connectivity index (χ1n) is 5.48. The van der Waals surface area contributed by atoms with Gasteiger partial charge in [0, 0.05) is 6.04 Å². The van der Waals surface area contributed by atoms with Gasteiger partial charge in [-0.3, -0.25) is 0 Å². The predicted octanol–water partition coefficient (Wildman–Crippen LogP) is 2.01. The van der Waals surface area contributed by atoms with E-state index in [1.54, 1.807) is 0 Å². The average molecular weight is 205 g/mol. The van der Waals surface area contributed by atoms with Gasteiger partial charge in [0.15, 0.2) is 11.5 Å². The second kappa shape index (κ2) is 3.42. The first-order chi connectivity index (χ1) is 7.33. The molecule has 1 aromatic rings. The van der Waals surface area contributed by atoms with E-state index in [-0.39, 0.29) is 0 Å². The number of benzene rings is 1. The van der Waals surface area contributed by atoms with E-state index in [0.29, 0.717) is 18.8 Å². The number of rotatable bonds is 1. The van der Waals surface area contributed by atoms with Crippen LogP contribution in [0.5, 0.6) is 11.5 Å². The molecule has 1 heterocycles. The van der Waals surface area contributed by atoms with Crippen molar-refractivity contribution in [3.63, 3.8) is 0 Å². The second-order valence-electron chi connectivity index (χ2n) is 4.38. The Balaban J connectivity index is 1.87. The Bertz CT molecular complexity index is 378. The van der Waals surface area contributed by atoms with E-state index in [9.17, 15) is 0 Å². The van der Waals surface area contributed by atoms with Gasteiger partial charge < -0.3 is 15.2 Å². The highest BCUT2D eigenvalue weighted by molar-refractivity contribution is 5.45. The van der Waals surface area contributed by atoms with E-state index in [2.05, 4.69) is 12.1 Å². The lowest BCUT2D eigenvalue weighted by Crippen LogP contribution is -2.14. The van der Waals surface area contributed by atoms with E-state index in [1.165, 1.54) is 12.0 Å².